The fourth-order valence-electron chi connectivity index (χ4n) is 2.97. The summed E-state index contributed by atoms with van der Waals surface area (Å²) in [4.78, 5) is 2.14. The summed E-state index contributed by atoms with van der Waals surface area (Å²) >= 11 is 0. The minimum absolute atomic E-state index is 0.0276. The first kappa shape index (κ1) is 19.2. The smallest absolute Gasteiger partial charge is 0.266 e. The van der Waals surface area contributed by atoms with Crippen molar-refractivity contribution in [1.82, 2.24) is 10.2 Å². The molecule has 1 saturated heterocycles. The Hall–Kier alpha value is -2.55. The fraction of sp³-hybridized carbons (Fsp3) is 0.444. The zero-order valence-electron chi connectivity index (χ0n) is 15.7. The molecular formula is C18H24N4O4S. The van der Waals surface area contributed by atoms with E-state index in [-0.39, 0.29) is 16.5 Å². The first-order valence-electron chi connectivity index (χ1n) is 8.76. The third-order valence-corrected chi connectivity index (χ3v) is 6.03. The summed E-state index contributed by atoms with van der Waals surface area (Å²) < 4.78 is 38.2. The molecule has 1 aliphatic heterocycles. The van der Waals surface area contributed by atoms with Crippen molar-refractivity contribution in [3.63, 3.8) is 0 Å². The number of anilines is 2. The highest BCUT2D eigenvalue weighted by molar-refractivity contribution is 7.92. The fourth-order valence-corrected chi connectivity index (χ4v) is 4.15. The highest BCUT2D eigenvalue weighted by atomic mass is 32.2. The summed E-state index contributed by atoms with van der Waals surface area (Å²) in [6.45, 7) is 4.11. The Morgan fingerprint density at radius 2 is 1.81 bits per heavy atom. The average molecular weight is 392 g/mol. The monoisotopic (exact) mass is 392 g/mol. The van der Waals surface area contributed by atoms with Crippen LogP contribution in [0.3, 0.4) is 0 Å². The molecule has 1 aromatic carbocycles. The second-order valence-electron chi connectivity index (χ2n) is 6.57. The van der Waals surface area contributed by atoms with Crippen LogP contribution in [0.4, 0.5) is 11.6 Å². The number of nitrogens with zero attached hydrogens (tertiary/aromatic N) is 3. The molecule has 0 saturated carbocycles. The number of hydrogen-bond donors (Lipinski definition) is 1. The van der Waals surface area contributed by atoms with Crippen molar-refractivity contribution in [3.05, 3.63) is 30.3 Å². The molecule has 1 aromatic heterocycles. The Labute approximate surface area is 159 Å². The average Bonchev–Trinajstić information content (AvgIpc) is 2.68. The third-order valence-electron chi connectivity index (χ3n) is 4.66. The first-order valence-corrected chi connectivity index (χ1v) is 10.2. The van der Waals surface area contributed by atoms with E-state index in [1.54, 1.807) is 24.3 Å². The van der Waals surface area contributed by atoms with Crippen LogP contribution >= 0.6 is 0 Å². The van der Waals surface area contributed by atoms with Crippen molar-refractivity contribution >= 4 is 21.7 Å². The highest BCUT2D eigenvalue weighted by Gasteiger charge is 2.22. The molecule has 8 nitrogen and oxygen atoms in total. The molecule has 0 radical (unpaired) electrons. The van der Waals surface area contributed by atoms with Crippen LogP contribution in [0.1, 0.15) is 19.8 Å². The molecule has 1 N–H and O–H groups in total. The quantitative estimate of drug-likeness (QED) is 0.807. The molecular weight excluding hydrogens is 368 g/mol. The Bertz CT molecular complexity index is 879. The lowest BCUT2D eigenvalue weighted by Gasteiger charge is -2.30. The minimum Gasteiger partial charge on any atom is -0.497 e. The van der Waals surface area contributed by atoms with Gasteiger partial charge in [-0.3, -0.25) is 4.72 Å². The molecule has 0 bridgehead atoms. The van der Waals surface area contributed by atoms with Crippen molar-refractivity contribution in [1.29, 1.82) is 0 Å². The van der Waals surface area contributed by atoms with Crippen LogP contribution < -0.4 is 19.1 Å². The van der Waals surface area contributed by atoms with Gasteiger partial charge in [-0.1, -0.05) is 6.92 Å². The third kappa shape index (κ3) is 4.41. The number of benzene rings is 1. The summed E-state index contributed by atoms with van der Waals surface area (Å²) in [7, 11) is -1.02. The molecule has 9 heteroatoms. The lowest BCUT2D eigenvalue weighted by atomic mass is 9.99. The number of ether oxygens (including phenoxy) is 2. The van der Waals surface area contributed by atoms with E-state index in [4.69, 9.17) is 9.47 Å². The van der Waals surface area contributed by atoms with Crippen molar-refractivity contribution < 1.29 is 17.9 Å². The van der Waals surface area contributed by atoms with Crippen LogP contribution in [0.2, 0.25) is 0 Å². The molecule has 0 spiro atoms. The van der Waals surface area contributed by atoms with Crippen LogP contribution in [-0.2, 0) is 10.0 Å². The van der Waals surface area contributed by atoms with Gasteiger partial charge < -0.3 is 14.4 Å². The Kier molecular flexibility index (Phi) is 5.69. The normalized spacial score (nSPS) is 15.4. The first-order chi connectivity index (χ1) is 12.9. The SMILES string of the molecule is COc1ccc(OC)c(S(=O)(=O)Nc2ccc(N3CCC(C)CC3)nn2)c1. The standard InChI is InChI=1S/C18H24N4O4S/c1-13-8-10-22(11-9-13)18-7-6-17(19-20-18)21-27(23,24)16-12-14(25-2)4-5-15(16)26-3/h4-7,12-13H,8-11H2,1-3H3,(H,19,21). The van der Waals surface area contributed by atoms with E-state index in [0.29, 0.717) is 5.75 Å². The van der Waals surface area contributed by atoms with Gasteiger partial charge in [-0.05, 0) is 43.0 Å². The molecule has 0 amide bonds. The Morgan fingerprint density at radius 3 is 2.41 bits per heavy atom. The number of hydrogen-bond acceptors (Lipinski definition) is 7. The predicted molar refractivity (Wildman–Crippen MR) is 103 cm³/mol. The molecule has 146 valence electrons. The van der Waals surface area contributed by atoms with Gasteiger partial charge in [0.2, 0.25) is 0 Å². The molecule has 1 aliphatic rings. The van der Waals surface area contributed by atoms with Crippen LogP contribution in [0.5, 0.6) is 11.5 Å². The number of rotatable bonds is 6. The van der Waals surface area contributed by atoms with Gasteiger partial charge in [0.1, 0.15) is 16.4 Å². The van der Waals surface area contributed by atoms with Crippen LogP contribution in [-0.4, -0.2) is 45.9 Å². The zero-order chi connectivity index (χ0) is 19.4. The summed E-state index contributed by atoms with van der Waals surface area (Å²) in [5.74, 6) is 2.25. The van der Waals surface area contributed by atoms with Crippen molar-refractivity contribution in [2.75, 3.05) is 36.9 Å². The van der Waals surface area contributed by atoms with E-state index in [1.807, 2.05) is 0 Å². The van der Waals surface area contributed by atoms with Gasteiger partial charge in [0, 0.05) is 19.2 Å². The van der Waals surface area contributed by atoms with E-state index >= 15 is 0 Å². The Balaban J connectivity index is 1.78. The van der Waals surface area contributed by atoms with Gasteiger partial charge in [-0.15, -0.1) is 10.2 Å². The summed E-state index contributed by atoms with van der Waals surface area (Å²) in [5.41, 5.74) is 0. The minimum atomic E-state index is -3.90. The van der Waals surface area contributed by atoms with E-state index in [0.717, 1.165) is 37.7 Å². The van der Waals surface area contributed by atoms with Gasteiger partial charge >= 0.3 is 0 Å². The highest BCUT2D eigenvalue weighted by Crippen LogP contribution is 2.29. The molecule has 27 heavy (non-hydrogen) atoms. The van der Waals surface area contributed by atoms with Gasteiger partial charge in [0.15, 0.2) is 11.6 Å². The number of nitrogens with one attached hydrogen (secondary N) is 1. The van der Waals surface area contributed by atoms with Crippen molar-refractivity contribution in [2.24, 2.45) is 5.92 Å². The van der Waals surface area contributed by atoms with Gasteiger partial charge in [0.25, 0.3) is 10.0 Å². The number of sulfonamides is 1. The van der Waals surface area contributed by atoms with Crippen LogP contribution in [0.25, 0.3) is 0 Å². The Morgan fingerprint density at radius 1 is 1.07 bits per heavy atom. The molecule has 2 aromatic rings. The van der Waals surface area contributed by atoms with E-state index < -0.39 is 10.0 Å². The lowest BCUT2D eigenvalue weighted by molar-refractivity contribution is 0.392. The zero-order valence-corrected chi connectivity index (χ0v) is 16.5. The summed E-state index contributed by atoms with van der Waals surface area (Å²) in [6.07, 6.45) is 2.23. The second-order valence-corrected chi connectivity index (χ2v) is 8.22. The molecule has 0 aliphatic carbocycles. The van der Waals surface area contributed by atoms with Crippen LogP contribution in [0.15, 0.2) is 35.2 Å². The summed E-state index contributed by atoms with van der Waals surface area (Å²) in [6, 6.07) is 7.97. The van der Waals surface area contributed by atoms with Gasteiger partial charge in [-0.2, -0.15) is 0 Å². The molecule has 0 atom stereocenters. The van der Waals surface area contributed by atoms with Crippen LogP contribution in [0, 0.1) is 5.92 Å². The van der Waals surface area contributed by atoms with Gasteiger partial charge in [-0.25, -0.2) is 8.42 Å². The molecule has 3 rings (SSSR count). The largest absolute Gasteiger partial charge is 0.497 e. The predicted octanol–water partition coefficient (Wildman–Crippen LogP) is 2.53. The van der Waals surface area contributed by atoms with Crippen molar-refractivity contribution in [2.45, 2.75) is 24.7 Å². The number of methoxy groups -OCH3 is 2. The lowest BCUT2D eigenvalue weighted by Crippen LogP contribution is -2.33. The maximum absolute atomic E-state index is 12.7. The topological polar surface area (TPSA) is 93.6 Å². The van der Waals surface area contributed by atoms with E-state index in [9.17, 15) is 8.42 Å². The molecule has 1 fully saturated rings. The number of piperidine rings is 1. The van der Waals surface area contributed by atoms with E-state index in [2.05, 4.69) is 26.7 Å². The number of aromatic nitrogens is 2. The van der Waals surface area contributed by atoms with E-state index in [1.165, 1.54) is 20.3 Å². The molecule has 0 unspecified atom stereocenters. The second kappa shape index (κ2) is 7.99. The molecule has 2 heterocycles. The maximum atomic E-state index is 12.7. The van der Waals surface area contributed by atoms with Crippen molar-refractivity contribution in [3.8, 4) is 11.5 Å². The van der Waals surface area contributed by atoms with Gasteiger partial charge in [0.05, 0.1) is 14.2 Å². The maximum Gasteiger partial charge on any atom is 0.266 e. The summed E-state index contributed by atoms with van der Waals surface area (Å²) in [5, 5.41) is 8.20.